The van der Waals surface area contributed by atoms with Gasteiger partial charge in [-0.15, -0.1) is 0 Å². The van der Waals surface area contributed by atoms with E-state index in [1.54, 1.807) is 27.7 Å². The lowest BCUT2D eigenvalue weighted by atomic mass is 10.2. The third-order valence-corrected chi connectivity index (χ3v) is 2.19. The van der Waals surface area contributed by atoms with Gasteiger partial charge in [0, 0.05) is 0 Å². The number of carboxylic acid groups (broad SMARTS) is 1. The monoisotopic (exact) mass is 245 g/mol. The number of carbonyl (C=O) groups excluding carboxylic acids is 1. The van der Waals surface area contributed by atoms with Gasteiger partial charge in [-0.1, -0.05) is 0 Å². The van der Waals surface area contributed by atoms with Crippen LogP contribution in [0, 0.1) is 0 Å². The molecule has 0 spiro atoms. The summed E-state index contributed by atoms with van der Waals surface area (Å²) >= 11 is 0. The van der Waals surface area contributed by atoms with Crippen molar-refractivity contribution in [3.63, 3.8) is 0 Å². The zero-order chi connectivity index (χ0) is 13.2. The van der Waals surface area contributed by atoms with Crippen molar-refractivity contribution in [2.75, 3.05) is 13.1 Å². The van der Waals surface area contributed by atoms with Crippen molar-refractivity contribution in [2.24, 2.45) is 0 Å². The fourth-order valence-electron chi connectivity index (χ4n) is 1.56. The number of carbonyl (C=O) groups is 2. The number of ether oxygens (including phenoxy) is 2. The smallest absolute Gasteiger partial charge is 0.410 e. The van der Waals surface area contributed by atoms with Gasteiger partial charge in [0.15, 0.2) is 6.10 Å². The zero-order valence-electron chi connectivity index (χ0n) is 10.6. The fraction of sp³-hybridized carbons (Fsp3) is 0.818. The van der Waals surface area contributed by atoms with Gasteiger partial charge in [0.05, 0.1) is 19.2 Å². The quantitative estimate of drug-likeness (QED) is 0.748. The lowest BCUT2D eigenvalue weighted by Gasteiger charge is -2.35. The molecule has 2 atom stereocenters. The van der Waals surface area contributed by atoms with Crippen molar-refractivity contribution in [2.45, 2.75) is 45.5 Å². The molecule has 1 heterocycles. The Morgan fingerprint density at radius 1 is 1.35 bits per heavy atom. The van der Waals surface area contributed by atoms with Crippen LogP contribution in [0.25, 0.3) is 0 Å². The normalized spacial score (nSPS) is 25.5. The first-order valence-corrected chi connectivity index (χ1v) is 5.55. The van der Waals surface area contributed by atoms with E-state index in [0.717, 1.165) is 0 Å². The van der Waals surface area contributed by atoms with Crippen LogP contribution < -0.4 is 0 Å². The van der Waals surface area contributed by atoms with Crippen molar-refractivity contribution in [3.05, 3.63) is 0 Å². The van der Waals surface area contributed by atoms with Crippen LogP contribution in [0.4, 0.5) is 4.79 Å². The molecule has 0 bridgehead atoms. The molecule has 0 radical (unpaired) electrons. The first-order valence-electron chi connectivity index (χ1n) is 5.55. The topological polar surface area (TPSA) is 76.1 Å². The maximum absolute atomic E-state index is 11.8. The number of aliphatic carboxylic acids is 1. The molecule has 0 aliphatic carbocycles. The van der Waals surface area contributed by atoms with Crippen molar-refractivity contribution >= 4 is 12.1 Å². The van der Waals surface area contributed by atoms with Gasteiger partial charge in [-0.25, -0.2) is 9.59 Å². The van der Waals surface area contributed by atoms with E-state index < -0.39 is 23.8 Å². The molecule has 17 heavy (non-hydrogen) atoms. The summed E-state index contributed by atoms with van der Waals surface area (Å²) in [6.45, 7) is 7.40. The minimum Gasteiger partial charge on any atom is -0.479 e. The Morgan fingerprint density at radius 3 is 2.41 bits per heavy atom. The minimum atomic E-state index is -1.06. The highest BCUT2D eigenvalue weighted by Gasteiger charge is 2.34. The Morgan fingerprint density at radius 2 is 1.94 bits per heavy atom. The van der Waals surface area contributed by atoms with E-state index in [-0.39, 0.29) is 12.6 Å². The second-order valence-corrected chi connectivity index (χ2v) is 5.16. The Hall–Kier alpha value is -1.30. The molecular formula is C11H19NO5. The predicted octanol–water partition coefficient (Wildman–Crippen LogP) is 1.10. The van der Waals surface area contributed by atoms with Crippen molar-refractivity contribution < 1.29 is 24.2 Å². The SMILES string of the molecule is CC1CN(C(=O)OC(C)(C)C)C[C@H](C(=O)O)O1. The molecule has 98 valence electrons. The molecule has 0 saturated carbocycles. The summed E-state index contributed by atoms with van der Waals surface area (Å²) in [7, 11) is 0. The number of carboxylic acids is 1. The molecule has 0 aromatic rings. The van der Waals surface area contributed by atoms with Crippen LogP contribution in [-0.4, -0.2) is 53.0 Å². The van der Waals surface area contributed by atoms with Crippen molar-refractivity contribution in [3.8, 4) is 0 Å². The van der Waals surface area contributed by atoms with E-state index in [1.165, 1.54) is 4.90 Å². The summed E-state index contributed by atoms with van der Waals surface area (Å²) in [5.74, 6) is -1.06. The first-order chi connectivity index (χ1) is 7.69. The second kappa shape index (κ2) is 4.91. The fourth-order valence-corrected chi connectivity index (χ4v) is 1.56. The first kappa shape index (κ1) is 13.8. The Bertz CT molecular complexity index is 309. The van der Waals surface area contributed by atoms with Crippen molar-refractivity contribution in [1.29, 1.82) is 0 Å². The van der Waals surface area contributed by atoms with Gasteiger partial charge in [-0.05, 0) is 27.7 Å². The third kappa shape index (κ3) is 4.22. The molecule has 0 aromatic heterocycles. The molecule has 6 nitrogen and oxygen atoms in total. The molecule has 0 aromatic carbocycles. The molecule has 1 aliphatic heterocycles. The number of hydrogen-bond acceptors (Lipinski definition) is 4. The second-order valence-electron chi connectivity index (χ2n) is 5.16. The average Bonchev–Trinajstić information content (AvgIpc) is 2.13. The molecular weight excluding hydrogens is 226 g/mol. The number of nitrogens with zero attached hydrogens (tertiary/aromatic N) is 1. The Labute approximate surface area is 100 Å². The molecule has 1 N–H and O–H groups in total. The summed E-state index contributed by atoms with van der Waals surface area (Å²) in [4.78, 5) is 24.0. The Balaban J connectivity index is 2.64. The molecule has 1 saturated heterocycles. The Kier molecular flexibility index (Phi) is 3.98. The summed E-state index contributed by atoms with van der Waals surface area (Å²) < 4.78 is 10.4. The van der Waals surface area contributed by atoms with E-state index in [9.17, 15) is 9.59 Å². The average molecular weight is 245 g/mol. The van der Waals surface area contributed by atoms with Gasteiger partial charge in [-0.2, -0.15) is 0 Å². The van der Waals surface area contributed by atoms with E-state index in [0.29, 0.717) is 6.54 Å². The van der Waals surface area contributed by atoms with Gasteiger partial charge in [0.2, 0.25) is 0 Å². The highest BCUT2D eigenvalue weighted by atomic mass is 16.6. The lowest BCUT2D eigenvalue weighted by Crippen LogP contribution is -2.52. The predicted molar refractivity (Wildman–Crippen MR) is 59.8 cm³/mol. The molecule has 1 rings (SSSR count). The molecule has 1 aliphatic rings. The van der Waals surface area contributed by atoms with E-state index in [4.69, 9.17) is 14.6 Å². The van der Waals surface area contributed by atoms with E-state index >= 15 is 0 Å². The lowest BCUT2D eigenvalue weighted by molar-refractivity contribution is -0.161. The summed E-state index contributed by atoms with van der Waals surface area (Å²) in [6, 6.07) is 0. The van der Waals surface area contributed by atoms with Gasteiger partial charge in [-0.3, -0.25) is 0 Å². The number of amides is 1. The maximum atomic E-state index is 11.8. The van der Waals surface area contributed by atoms with Crippen LogP contribution in [-0.2, 0) is 14.3 Å². The number of rotatable bonds is 1. The van der Waals surface area contributed by atoms with Crippen LogP contribution >= 0.6 is 0 Å². The van der Waals surface area contributed by atoms with Gasteiger partial charge < -0.3 is 19.5 Å². The van der Waals surface area contributed by atoms with E-state index in [1.807, 2.05) is 0 Å². The van der Waals surface area contributed by atoms with Crippen LogP contribution in [0.1, 0.15) is 27.7 Å². The highest BCUT2D eigenvalue weighted by Crippen LogP contribution is 2.15. The zero-order valence-corrected chi connectivity index (χ0v) is 10.6. The van der Waals surface area contributed by atoms with E-state index in [2.05, 4.69) is 0 Å². The standard InChI is InChI=1S/C11H19NO5/c1-7-5-12(6-8(16-7)9(13)14)10(15)17-11(2,3)4/h7-8H,5-6H2,1-4H3,(H,13,14)/t7?,8-/m1/s1. The van der Waals surface area contributed by atoms with Crippen molar-refractivity contribution in [1.82, 2.24) is 4.90 Å². The summed E-state index contributed by atoms with van der Waals surface area (Å²) in [6.07, 6.45) is -1.79. The molecule has 1 fully saturated rings. The van der Waals surface area contributed by atoms with Crippen LogP contribution in [0.3, 0.4) is 0 Å². The maximum Gasteiger partial charge on any atom is 0.410 e. The van der Waals surface area contributed by atoms with Crippen LogP contribution in [0.15, 0.2) is 0 Å². The van der Waals surface area contributed by atoms with Gasteiger partial charge in [0.25, 0.3) is 0 Å². The third-order valence-electron chi connectivity index (χ3n) is 2.19. The summed E-state index contributed by atoms with van der Waals surface area (Å²) in [5, 5.41) is 8.88. The van der Waals surface area contributed by atoms with Gasteiger partial charge in [0.1, 0.15) is 5.60 Å². The van der Waals surface area contributed by atoms with Gasteiger partial charge >= 0.3 is 12.1 Å². The highest BCUT2D eigenvalue weighted by molar-refractivity contribution is 5.75. The molecule has 1 unspecified atom stereocenters. The molecule has 6 heteroatoms. The number of hydrogen-bond donors (Lipinski definition) is 1. The van der Waals surface area contributed by atoms with Crippen LogP contribution in [0.5, 0.6) is 0 Å². The number of morpholine rings is 1. The van der Waals surface area contributed by atoms with Crippen LogP contribution in [0.2, 0.25) is 0 Å². The minimum absolute atomic E-state index is 0.0224. The largest absolute Gasteiger partial charge is 0.479 e. The molecule has 1 amide bonds. The summed E-state index contributed by atoms with van der Waals surface area (Å²) in [5.41, 5.74) is -0.586.